The first-order valence-electron chi connectivity index (χ1n) is 9.62. The van der Waals surface area contributed by atoms with Gasteiger partial charge in [-0.2, -0.15) is 10.1 Å². The van der Waals surface area contributed by atoms with Crippen molar-refractivity contribution in [2.45, 2.75) is 19.8 Å². The van der Waals surface area contributed by atoms with E-state index >= 15 is 0 Å². The summed E-state index contributed by atoms with van der Waals surface area (Å²) in [5, 5.41) is 12.9. The van der Waals surface area contributed by atoms with Crippen molar-refractivity contribution in [1.82, 2.24) is 19.9 Å². The molecule has 1 amide bonds. The Morgan fingerprint density at radius 3 is 2.77 bits per heavy atom. The van der Waals surface area contributed by atoms with Gasteiger partial charge in [-0.1, -0.05) is 11.2 Å². The van der Waals surface area contributed by atoms with Gasteiger partial charge in [-0.25, -0.2) is 9.48 Å². The standard InChI is InChI=1S/C21H19N5O4S/c1-2-29-21(28)16-11-12-26(24-16)15-7-5-14(6-8-15)22-18(27)9-10-19-23-20(25-30-19)17-4-3-13-31-17/h3-8,11-13H,2,9-10H2,1H3,(H,22,27). The Labute approximate surface area is 181 Å². The highest BCUT2D eigenvalue weighted by Gasteiger charge is 2.13. The molecule has 0 atom stereocenters. The zero-order valence-electron chi connectivity index (χ0n) is 16.6. The molecule has 0 aliphatic heterocycles. The molecule has 10 heteroatoms. The van der Waals surface area contributed by atoms with Crippen molar-refractivity contribution < 1.29 is 18.8 Å². The first kappa shape index (κ1) is 20.5. The number of carbonyl (C=O) groups excluding carboxylic acids is 2. The quantitative estimate of drug-likeness (QED) is 0.418. The lowest BCUT2D eigenvalue weighted by Crippen LogP contribution is -2.12. The third-order valence-electron chi connectivity index (χ3n) is 4.26. The number of thiophene rings is 1. The van der Waals surface area contributed by atoms with Gasteiger partial charge in [0.2, 0.25) is 17.6 Å². The fourth-order valence-electron chi connectivity index (χ4n) is 2.79. The van der Waals surface area contributed by atoms with Gasteiger partial charge in [-0.3, -0.25) is 4.79 Å². The van der Waals surface area contributed by atoms with Gasteiger partial charge in [-0.05, 0) is 48.7 Å². The highest BCUT2D eigenvalue weighted by molar-refractivity contribution is 7.13. The second-order valence-corrected chi connectivity index (χ2v) is 7.40. The summed E-state index contributed by atoms with van der Waals surface area (Å²) in [4.78, 5) is 29.2. The SMILES string of the molecule is CCOC(=O)c1ccn(-c2ccc(NC(=O)CCc3nc(-c4cccs4)no3)cc2)n1. The molecule has 0 bridgehead atoms. The van der Waals surface area contributed by atoms with Crippen molar-refractivity contribution in [1.29, 1.82) is 0 Å². The number of rotatable bonds is 8. The molecule has 1 aromatic carbocycles. The minimum Gasteiger partial charge on any atom is -0.461 e. The number of aromatic nitrogens is 4. The topological polar surface area (TPSA) is 112 Å². The lowest BCUT2D eigenvalue weighted by molar-refractivity contribution is -0.116. The van der Waals surface area contributed by atoms with Gasteiger partial charge in [0.1, 0.15) is 0 Å². The van der Waals surface area contributed by atoms with Crippen molar-refractivity contribution in [2.24, 2.45) is 0 Å². The molecule has 0 unspecified atom stereocenters. The maximum absolute atomic E-state index is 12.2. The maximum Gasteiger partial charge on any atom is 0.358 e. The van der Waals surface area contributed by atoms with Crippen LogP contribution in [0.3, 0.4) is 0 Å². The highest BCUT2D eigenvalue weighted by atomic mass is 32.1. The molecule has 0 aliphatic carbocycles. The van der Waals surface area contributed by atoms with Crippen LogP contribution in [-0.4, -0.2) is 38.4 Å². The van der Waals surface area contributed by atoms with Crippen molar-refractivity contribution in [2.75, 3.05) is 11.9 Å². The van der Waals surface area contributed by atoms with E-state index in [0.29, 0.717) is 30.4 Å². The van der Waals surface area contributed by atoms with Crippen molar-refractivity contribution in [3.8, 4) is 16.4 Å². The number of benzene rings is 1. The van der Waals surface area contributed by atoms with Gasteiger partial charge in [0.05, 0.1) is 17.2 Å². The molecule has 0 radical (unpaired) electrons. The van der Waals surface area contributed by atoms with E-state index < -0.39 is 5.97 Å². The minimum atomic E-state index is -0.464. The van der Waals surface area contributed by atoms with Crippen LogP contribution in [-0.2, 0) is 16.0 Å². The Morgan fingerprint density at radius 2 is 2.03 bits per heavy atom. The Hall–Kier alpha value is -3.79. The maximum atomic E-state index is 12.2. The summed E-state index contributed by atoms with van der Waals surface area (Å²) in [7, 11) is 0. The van der Waals surface area contributed by atoms with Gasteiger partial charge in [-0.15, -0.1) is 11.3 Å². The second kappa shape index (κ2) is 9.35. The predicted molar refractivity (Wildman–Crippen MR) is 114 cm³/mol. The van der Waals surface area contributed by atoms with E-state index in [0.717, 1.165) is 10.6 Å². The van der Waals surface area contributed by atoms with Crippen LogP contribution in [0.1, 0.15) is 29.7 Å². The third-order valence-corrected chi connectivity index (χ3v) is 5.13. The largest absolute Gasteiger partial charge is 0.461 e. The number of esters is 1. The molecule has 4 rings (SSSR count). The number of ether oxygens (including phenoxy) is 1. The number of anilines is 1. The number of carbonyl (C=O) groups is 2. The van der Waals surface area contributed by atoms with E-state index in [-0.39, 0.29) is 18.0 Å². The van der Waals surface area contributed by atoms with Gasteiger partial charge < -0.3 is 14.6 Å². The molecule has 31 heavy (non-hydrogen) atoms. The molecule has 0 fully saturated rings. The molecule has 3 heterocycles. The van der Waals surface area contributed by atoms with Gasteiger partial charge in [0.25, 0.3) is 0 Å². The molecule has 0 saturated carbocycles. The summed E-state index contributed by atoms with van der Waals surface area (Å²) in [6.45, 7) is 2.04. The molecule has 3 aromatic heterocycles. The van der Waals surface area contributed by atoms with Crippen molar-refractivity contribution in [3.05, 3.63) is 65.6 Å². The fraction of sp³-hybridized carbons (Fsp3) is 0.190. The van der Waals surface area contributed by atoms with Gasteiger partial charge in [0, 0.05) is 24.7 Å². The summed E-state index contributed by atoms with van der Waals surface area (Å²) in [6.07, 6.45) is 2.25. The second-order valence-electron chi connectivity index (χ2n) is 6.45. The Balaban J connectivity index is 1.31. The van der Waals surface area contributed by atoms with Crippen molar-refractivity contribution >= 4 is 28.9 Å². The Kier molecular flexibility index (Phi) is 6.18. The smallest absolute Gasteiger partial charge is 0.358 e. The van der Waals surface area contributed by atoms with Crippen LogP contribution in [0.15, 0.2) is 58.6 Å². The lowest BCUT2D eigenvalue weighted by atomic mass is 10.2. The number of nitrogens with one attached hydrogen (secondary N) is 1. The molecule has 9 nitrogen and oxygen atoms in total. The number of hydrogen-bond acceptors (Lipinski definition) is 8. The van der Waals surface area contributed by atoms with Crippen LogP contribution < -0.4 is 5.32 Å². The summed E-state index contributed by atoms with van der Waals surface area (Å²) in [6, 6.07) is 12.5. The summed E-state index contributed by atoms with van der Waals surface area (Å²) >= 11 is 1.53. The van der Waals surface area contributed by atoms with Crippen LogP contribution >= 0.6 is 11.3 Å². The van der Waals surface area contributed by atoms with E-state index in [1.54, 1.807) is 48.1 Å². The molecular weight excluding hydrogens is 418 g/mol. The first-order valence-corrected chi connectivity index (χ1v) is 10.5. The van der Waals surface area contributed by atoms with E-state index in [4.69, 9.17) is 9.26 Å². The van der Waals surface area contributed by atoms with Crippen LogP contribution in [0.25, 0.3) is 16.4 Å². The molecule has 0 spiro atoms. The molecule has 0 saturated heterocycles. The van der Waals surface area contributed by atoms with Gasteiger partial charge in [0.15, 0.2) is 5.69 Å². The molecule has 1 N–H and O–H groups in total. The molecule has 4 aromatic rings. The molecule has 0 aliphatic rings. The first-order chi connectivity index (χ1) is 15.1. The van der Waals surface area contributed by atoms with Crippen LogP contribution in [0.2, 0.25) is 0 Å². The predicted octanol–water partition coefficient (Wildman–Crippen LogP) is 3.73. The van der Waals surface area contributed by atoms with E-state index in [1.165, 1.54) is 11.3 Å². The summed E-state index contributed by atoms with van der Waals surface area (Å²) < 4.78 is 11.7. The Morgan fingerprint density at radius 1 is 1.19 bits per heavy atom. The van der Waals surface area contributed by atoms with Crippen LogP contribution in [0, 0.1) is 0 Å². The number of hydrogen-bond donors (Lipinski definition) is 1. The third kappa shape index (κ3) is 5.04. The minimum absolute atomic E-state index is 0.160. The average molecular weight is 437 g/mol. The molecule has 158 valence electrons. The van der Waals surface area contributed by atoms with Crippen LogP contribution in [0.4, 0.5) is 5.69 Å². The molecular formula is C21H19N5O4S. The average Bonchev–Trinajstić information content (AvgIpc) is 3.54. The highest BCUT2D eigenvalue weighted by Crippen LogP contribution is 2.21. The van der Waals surface area contributed by atoms with E-state index in [9.17, 15) is 9.59 Å². The zero-order valence-corrected chi connectivity index (χ0v) is 17.5. The lowest BCUT2D eigenvalue weighted by Gasteiger charge is -2.06. The number of aryl methyl sites for hydroxylation is 1. The summed E-state index contributed by atoms with van der Waals surface area (Å²) in [5.74, 6) is 0.330. The van der Waals surface area contributed by atoms with Gasteiger partial charge >= 0.3 is 5.97 Å². The zero-order chi connectivity index (χ0) is 21.6. The number of nitrogens with zero attached hydrogens (tertiary/aromatic N) is 4. The van der Waals surface area contributed by atoms with Crippen molar-refractivity contribution in [3.63, 3.8) is 0 Å². The van der Waals surface area contributed by atoms with E-state index in [1.807, 2.05) is 17.5 Å². The monoisotopic (exact) mass is 437 g/mol. The Bertz CT molecular complexity index is 1160. The normalized spacial score (nSPS) is 10.7. The van der Waals surface area contributed by atoms with E-state index in [2.05, 4.69) is 20.6 Å². The fourth-order valence-corrected chi connectivity index (χ4v) is 3.43. The summed E-state index contributed by atoms with van der Waals surface area (Å²) in [5.41, 5.74) is 1.64. The number of amides is 1. The van der Waals surface area contributed by atoms with Crippen LogP contribution in [0.5, 0.6) is 0 Å².